The lowest BCUT2D eigenvalue weighted by molar-refractivity contribution is 0.322. The van der Waals surface area contributed by atoms with Crippen LogP contribution >= 0.6 is 0 Å². The number of aryl methyl sites for hydroxylation is 1. The van der Waals surface area contributed by atoms with Crippen molar-refractivity contribution in [1.29, 1.82) is 0 Å². The van der Waals surface area contributed by atoms with E-state index in [1.807, 2.05) is 42.7 Å². The van der Waals surface area contributed by atoms with Gasteiger partial charge in [-0.1, -0.05) is 36.4 Å². The van der Waals surface area contributed by atoms with Gasteiger partial charge in [0.2, 0.25) is 0 Å². The Morgan fingerprint density at radius 3 is 1.97 bits per heavy atom. The summed E-state index contributed by atoms with van der Waals surface area (Å²) in [6.07, 6.45) is 11.9. The molecule has 0 bridgehead atoms. The number of hydrogen-bond acceptors (Lipinski definition) is 4. The molecule has 4 nitrogen and oxygen atoms in total. The molecule has 3 aromatic rings. The molecule has 0 unspecified atom stereocenters. The van der Waals surface area contributed by atoms with E-state index in [-0.39, 0.29) is 0 Å². The van der Waals surface area contributed by atoms with Gasteiger partial charge in [0.15, 0.2) is 0 Å². The second kappa shape index (κ2) is 13.4. The molecule has 4 heteroatoms. The van der Waals surface area contributed by atoms with Crippen LogP contribution in [0.2, 0.25) is 0 Å². The van der Waals surface area contributed by atoms with Crippen molar-refractivity contribution in [3.63, 3.8) is 0 Å². The maximum Gasteiger partial charge on any atom is 0.118 e. The SMILES string of the molecule is COc1ccc(C(=CCCCN(C)CCCCc2cccnc2)c2ccc(OC)cc2)cc1. The standard InChI is InChI=1S/C29H36N2O2/c1-31(21-6-4-9-24-10-8-20-30-23-24)22-7-5-11-29(25-12-16-27(32-2)17-13-25)26-14-18-28(33-3)19-15-26/h8,10-20,23H,4-7,9,21-22H2,1-3H3. The first-order valence-corrected chi connectivity index (χ1v) is 11.8. The molecule has 174 valence electrons. The summed E-state index contributed by atoms with van der Waals surface area (Å²) in [7, 11) is 5.62. The van der Waals surface area contributed by atoms with E-state index in [4.69, 9.17) is 9.47 Å². The lowest BCUT2D eigenvalue weighted by Gasteiger charge is -2.16. The number of ether oxygens (including phenoxy) is 2. The summed E-state index contributed by atoms with van der Waals surface area (Å²) < 4.78 is 10.7. The molecule has 0 amide bonds. The van der Waals surface area contributed by atoms with Crippen LogP contribution < -0.4 is 9.47 Å². The number of aromatic nitrogens is 1. The van der Waals surface area contributed by atoms with Gasteiger partial charge in [0.05, 0.1) is 14.2 Å². The first-order valence-electron chi connectivity index (χ1n) is 11.8. The summed E-state index contributed by atoms with van der Waals surface area (Å²) in [5, 5.41) is 0. The predicted octanol–water partition coefficient (Wildman–Crippen LogP) is 6.27. The molecular weight excluding hydrogens is 408 g/mol. The first-order chi connectivity index (χ1) is 16.2. The number of benzene rings is 2. The van der Waals surface area contributed by atoms with Crippen LogP contribution in [0.25, 0.3) is 5.57 Å². The molecule has 0 saturated heterocycles. The van der Waals surface area contributed by atoms with Crippen molar-refractivity contribution in [2.45, 2.75) is 32.1 Å². The normalized spacial score (nSPS) is 10.8. The second-order valence-corrected chi connectivity index (χ2v) is 8.34. The third kappa shape index (κ3) is 8.07. The third-order valence-corrected chi connectivity index (χ3v) is 5.87. The van der Waals surface area contributed by atoms with Crippen molar-refractivity contribution < 1.29 is 9.47 Å². The third-order valence-electron chi connectivity index (χ3n) is 5.87. The van der Waals surface area contributed by atoms with E-state index < -0.39 is 0 Å². The van der Waals surface area contributed by atoms with Crippen LogP contribution in [0.3, 0.4) is 0 Å². The Hall–Kier alpha value is -3.11. The zero-order valence-corrected chi connectivity index (χ0v) is 20.2. The number of unbranched alkanes of at least 4 members (excludes halogenated alkanes) is 2. The van der Waals surface area contributed by atoms with Gasteiger partial charge in [-0.2, -0.15) is 0 Å². The van der Waals surface area contributed by atoms with Crippen molar-refractivity contribution in [3.8, 4) is 11.5 Å². The Labute approximate surface area is 198 Å². The highest BCUT2D eigenvalue weighted by Crippen LogP contribution is 2.27. The van der Waals surface area contributed by atoms with E-state index in [9.17, 15) is 0 Å². The molecule has 2 aromatic carbocycles. The molecule has 33 heavy (non-hydrogen) atoms. The minimum absolute atomic E-state index is 0.873. The van der Waals surface area contributed by atoms with Gasteiger partial charge in [-0.05, 0) is 105 Å². The zero-order chi connectivity index (χ0) is 23.3. The van der Waals surface area contributed by atoms with Crippen molar-refractivity contribution >= 4 is 5.57 Å². The van der Waals surface area contributed by atoms with Crippen LogP contribution in [0.4, 0.5) is 0 Å². The van der Waals surface area contributed by atoms with E-state index in [0.717, 1.165) is 43.9 Å². The Bertz CT molecular complexity index is 917. The molecule has 1 aromatic heterocycles. The Morgan fingerprint density at radius 2 is 1.42 bits per heavy atom. The quantitative estimate of drug-likeness (QED) is 0.291. The summed E-state index contributed by atoms with van der Waals surface area (Å²) in [5.41, 5.74) is 4.98. The zero-order valence-electron chi connectivity index (χ0n) is 20.2. The van der Waals surface area contributed by atoms with Gasteiger partial charge in [0.1, 0.15) is 11.5 Å². The highest BCUT2D eigenvalue weighted by molar-refractivity contribution is 5.80. The first kappa shape index (κ1) is 24.5. The fourth-order valence-electron chi connectivity index (χ4n) is 3.92. The number of methoxy groups -OCH3 is 2. The molecule has 0 aliphatic carbocycles. The van der Waals surface area contributed by atoms with Crippen molar-refractivity contribution in [3.05, 3.63) is 95.8 Å². The van der Waals surface area contributed by atoms with Crippen LogP contribution in [-0.2, 0) is 6.42 Å². The van der Waals surface area contributed by atoms with Crippen molar-refractivity contribution in [1.82, 2.24) is 9.88 Å². The number of hydrogen-bond donors (Lipinski definition) is 0. The summed E-state index contributed by atoms with van der Waals surface area (Å²) in [5.74, 6) is 1.75. The van der Waals surface area contributed by atoms with Crippen LogP contribution in [0, 0.1) is 0 Å². The molecule has 0 N–H and O–H groups in total. The van der Waals surface area contributed by atoms with Crippen molar-refractivity contribution in [2.75, 3.05) is 34.4 Å². The van der Waals surface area contributed by atoms with Gasteiger partial charge in [0.25, 0.3) is 0 Å². The van der Waals surface area contributed by atoms with Crippen LogP contribution in [0.15, 0.2) is 79.1 Å². The minimum atomic E-state index is 0.873. The molecule has 0 radical (unpaired) electrons. The van der Waals surface area contributed by atoms with Gasteiger partial charge in [0, 0.05) is 12.4 Å². The lowest BCUT2D eigenvalue weighted by Crippen LogP contribution is -2.20. The summed E-state index contributed by atoms with van der Waals surface area (Å²) in [4.78, 5) is 6.64. The van der Waals surface area contributed by atoms with E-state index >= 15 is 0 Å². The van der Waals surface area contributed by atoms with Gasteiger partial charge in [-0.15, -0.1) is 0 Å². The molecule has 0 saturated carbocycles. The average Bonchev–Trinajstić information content (AvgIpc) is 2.87. The van der Waals surface area contributed by atoms with Gasteiger partial charge in [-0.25, -0.2) is 0 Å². The van der Waals surface area contributed by atoms with E-state index in [1.165, 1.54) is 35.1 Å². The van der Waals surface area contributed by atoms with Gasteiger partial charge in [-0.3, -0.25) is 4.98 Å². The monoisotopic (exact) mass is 444 g/mol. The van der Waals surface area contributed by atoms with E-state index in [1.54, 1.807) is 14.2 Å². The molecule has 3 rings (SSSR count). The van der Waals surface area contributed by atoms with E-state index in [2.05, 4.69) is 53.3 Å². The number of allylic oxidation sites excluding steroid dienone is 1. The molecule has 0 fully saturated rings. The molecule has 0 spiro atoms. The van der Waals surface area contributed by atoms with E-state index in [0.29, 0.717) is 0 Å². The Morgan fingerprint density at radius 1 is 0.818 bits per heavy atom. The molecule has 0 atom stereocenters. The number of pyridine rings is 1. The average molecular weight is 445 g/mol. The fraction of sp³-hybridized carbons (Fsp3) is 0.345. The molecular formula is C29H36N2O2. The van der Waals surface area contributed by atoms with Crippen LogP contribution in [0.5, 0.6) is 11.5 Å². The summed E-state index contributed by atoms with van der Waals surface area (Å²) >= 11 is 0. The maximum absolute atomic E-state index is 5.33. The fourth-order valence-corrected chi connectivity index (χ4v) is 3.92. The second-order valence-electron chi connectivity index (χ2n) is 8.34. The Balaban J connectivity index is 1.52. The van der Waals surface area contributed by atoms with Crippen LogP contribution in [-0.4, -0.2) is 44.2 Å². The smallest absolute Gasteiger partial charge is 0.118 e. The predicted molar refractivity (Wildman–Crippen MR) is 137 cm³/mol. The minimum Gasteiger partial charge on any atom is -0.497 e. The maximum atomic E-state index is 5.33. The number of nitrogens with zero attached hydrogens (tertiary/aromatic N) is 2. The number of rotatable bonds is 13. The Kier molecular flexibility index (Phi) is 9.99. The van der Waals surface area contributed by atoms with Crippen molar-refractivity contribution in [2.24, 2.45) is 0 Å². The summed E-state index contributed by atoms with van der Waals surface area (Å²) in [6.45, 7) is 2.23. The van der Waals surface area contributed by atoms with Gasteiger partial charge >= 0.3 is 0 Å². The highest BCUT2D eigenvalue weighted by Gasteiger charge is 2.07. The molecule has 1 heterocycles. The highest BCUT2D eigenvalue weighted by atomic mass is 16.5. The topological polar surface area (TPSA) is 34.6 Å². The molecule has 0 aliphatic rings. The largest absolute Gasteiger partial charge is 0.497 e. The lowest BCUT2D eigenvalue weighted by atomic mass is 9.96. The van der Waals surface area contributed by atoms with Crippen LogP contribution in [0.1, 0.15) is 42.4 Å². The van der Waals surface area contributed by atoms with Gasteiger partial charge < -0.3 is 14.4 Å². The molecule has 0 aliphatic heterocycles. The summed E-state index contributed by atoms with van der Waals surface area (Å²) in [6, 6.07) is 20.8.